The van der Waals surface area contributed by atoms with Crippen LogP contribution < -0.4 is 10.1 Å². The van der Waals surface area contributed by atoms with Crippen molar-refractivity contribution in [2.45, 2.75) is 64.0 Å². The van der Waals surface area contributed by atoms with Crippen molar-refractivity contribution in [3.05, 3.63) is 30.1 Å². The van der Waals surface area contributed by atoms with Gasteiger partial charge in [-0.2, -0.15) is 0 Å². The second kappa shape index (κ2) is 9.88. The van der Waals surface area contributed by atoms with Crippen molar-refractivity contribution in [2.75, 3.05) is 20.1 Å². The molecule has 5 nitrogen and oxygen atoms in total. The standard InChI is InChI=1S/C22H33N3O2/c1-17(23-2)6-5-9-19-12-21(15-24-14-19)27-20-10-11-25(16-20)22(26)13-18-7-3-4-8-18/h5,9,12,14-15,17-18,20,23H,3-4,6-8,10-11,13,16H2,1-2H3/b9-5+/t17-,20-/m0/s1. The first kappa shape index (κ1) is 19.9. The molecule has 0 aromatic carbocycles. The number of rotatable bonds is 8. The Hall–Kier alpha value is -1.88. The first-order valence-electron chi connectivity index (χ1n) is 10.4. The number of hydrogen-bond acceptors (Lipinski definition) is 4. The molecule has 1 N–H and O–H groups in total. The van der Waals surface area contributed by atoms with Crippen LogP contribution in [0.2, 0.25) is 0 Å². The average molecular weight is 372 g/mol. The quantitative estimate of drug-likeness (QED) is 0.758. The van der Waals surface area contributed by atoms with Crippen LogP contribution >= 0.6 is 0 Å². The molecular weight excluding hydrogens is 338 g/mol. The Bertz CT molecular complexity index is 640. The van der Waals surface area contributed by atoms with Gasteiger partial charge in [0.1, 0.15) is 11.9 Å². The molecule has 0 bridgehead atoms. The molecule has 2 heterocycles. The Labute approximate surface area is 163 Å². The van der Waals surface area contributed by atoms with Gasteiger partial charge in [-0.3, -0.25) is 9.78 Å². The smallest absolute Gasteiger partial charge is 0.222 e. The molecule has 0 unspecified atom stereocenters. The molecule has 1 saturated carbocycles. The van der Waals surface area contributed by atoms with Gasteiger partial charge in [0.25, 0.3) is 0 Å². The lowest BCUT2D eigenvalue weighted by Crippen LogP contribution is -2.31. The zero-order valence-corrected chi connectivity index (χ0v) is 16.7. The van der Waals surface area contributed by atoms with Gasteiger partial charge in [0.05, 0.1) is 12.7 Å². The van der Waals surface area contributed by atoms with Crippen LogP contribution in [-0.2, 0) is 4.79 Å². The summed E-state index contributed by atoms with van der Waals surface area (Å²) in [4.78, 5) is 18.8. The van der Waals surface area contributed by atoms with E-state index in [4.69, 9.17) is 4.74 Å². The predicted molar refractivity (Wildman–Crippen MR) is 109 cm³/mol. The van der Waals surface area contributed by atoms with Gasteiger partial charge < -0.3 is 15.0 Å². The summed E-state index contributed by atoms with van der Waals surface area (Å²) in [7, 11) is 1.97. The highest BCUT2D eigenvalue weighted by Gasteiger charge is 2.29. The lowest BCUT2D eigenvalue weighted by Gasteiger charge is -2.19. The van der Waals surface area contributed by atoms with Crippen LogP contribution in [-0.4, -0.2) is 48.1 Å². The Balaban J connectivity index is 1.48. The van der Waals surface area contributed by atoms with Gasteiger partial charge >= 0.3 is 0 Å². The third kappa shape index (κ3) is 6.06. The number of amides is 1. The average Bonchev–Trinajstić information content (AvgIpc) is 3.34. The summed E-state index contributed by atoms with van der Waals surface area (Å²) < 4.78 is 6.11. The Kier molecular flexibility index (Phi) is 7.27. The van der Waals surface area contributed by atoms with Gasteiger partial charge in [0.2, 0.25) is 5.91 Å². The second-order valence-corrected chi connectivity index (χ2v) is 8.00. The molecule has 148 valence electrons. The largest absolute Gasteiger partial charge is 0.487 e. The normalized spacial score (nSPS) is 21.9. The van der Waals surface area contributed by atoms with Crippen molar-refractivity contribution >= 4 is 12.0 Å². The summed E-state index contributed by atoms with van der Waals surface area (Å²) >= 11 is 0. The number of hydrogen-bond donors (Lipinski definition) is 1. The van der Waals surface area contributed by atoms with Gasteiger partial charge in [-0.15, -0.1) is 0 Å². The third-order valence-corrected chi connectivity index (χ3v) is 5.77. The highest BCUT2D eigenvalue weighted by molar-refractivity contribution is 5.76. The summed E-state index contributed by atoms with van der Waals surface area (Å²) in [6, 6.07) is 2.48. The third-order valence-electron chi connectivity index (χ3n) is 5.77. The minimum Gasteiger partial charge on any atom is -0.487 e. The molecule has 3 rings (SSSR count). The van der Waals surface area contributed by atoms with E-state index in [-0.39, 0.29) is 6.10 Å². The maximum Gasteiger partial charge on any atom is 0.222 e. The van der Waals surface area contributed by atoms with E-state index >= 15 is 0 Å². The van der Waals surface area contributed by atoms with Gasteiger partial charge in [-0.05, 0) is 50.8 Å². The molecule has 5 heteroatoms. The van der Waals surface area contributed by atoms with Crippen LogP contribution in [0.4, 0.5) is 0 Å². The van der Waals surface area contributed by atoms with Gasteiger partial charge in [-0.1, -0.05) is 25.0 Å². The molecule has 2 aliphatic rings. The molecule has 1 aromatic rings. The van der Waals surface area contributed by atoms with E-state index in [0.717, 1.165) is 37.1 Å². The van der Waals surface area contributed by atoms with Crippen LogP contribution in [0.3, 0.4) is 0 Å². The fourth-order valence-corrected chi connectivity index (χ4v) is 3.95. The van der Waals surface area contributed by atoms with E-state index in [1.165, 1.54) is 25.7 Å². The number of carbonyl (C=O) groups excluding carboxylic acids is 1. The van der Waals surface area contributed by atoms with Gasteiger partial charge in [0, 0.05) is 31.6 Å². The van der Waals surface area contributed by atoms with E-state index in [2.05, 4.69) is 29.4 Å². The van der Waals surface area contributed by atoms with Crippen LogP contribution in [0.25, 0.3) is 6.08 Å². The monoisotopic (exact) mass is 371 g/mol. The fourth-order valence-electron chi connectivity index (χ4n) is 3.95. The Morgan fingerprint density at radius 1 is 1.37 bits per heavy atom. The molecule has 1 aliphatic heterocycles. The van der Waals surface area contributed by atoms with Crippen molar-refractivity contribution in [2.24, 2.45) is 5.92 Å². The highest BCUT2D eigenvalue weighted by Crippen LogP contribution is 2.29. The number of ether oxygens (including phenoxy) is 1. The van der Waals surface area contributed by atoms with E-state index in [0.29, 0.717) is 24.4 Å². The summed E-state index contributed by atoms with van der Waals surface area (Å²) in [5.74, 6) is 1.70. The van der Waals surface area contributed by atoms with E-state index in [1.807, 2.05) is 24.2 Å². The molecule has 2 fully saturated rings. The Morgan fingerprint density at radius 2 is 2.19 bits per heavy atom. The predicted octanol–water partition coefficient (Wildman–Crippen LogP) is 3.65. The van der Waals surface area contributed by atoms with Crippen molar-refractivity contribution in [3.8, 4) is 5.75 Å². The lowest BCUT2D eigenvalue weighted by atomic mass is 10.0. The molecule has 1 aliphatic carbocycles. The summed E-state index contributed by atoms with van der Waals surface area (Å²) in [5, 5.41) is 3.22. The molecule has 1 amide bonds. The maximum atomic E-state index is 12.5. The molecule has 1 aromatic heterocycles. The first-order valence-corrected chi connectivity index (χ1v) is 10.4. The summed E-state index contributed by atoms with van der Waals surface area (Å²) in [5.41, 5.74) is 1.04. The van der Waals surface area contributed by atoms with Crippen molar-refractivity contribution < 1.29 is 9.53 Å². The molecule has 1 saturated heterocycles. The van der Waals surface area contributed by atoms with E-state index in [9.17, 15) is 4.79 Å². The number of nitrogens with zero attached hydrogens (tertiary/aromatic N) is 2. The molecule has 0 radical (unpaired) electrons. The van der Waals surface area contributed by atoms with Gasteiger partial charge in [0.15, 0.2) is 0 Å². The summed E-state index contributed by atoms with van der Waals surface area (Å²) in [6.07, 6.45) is 15.5. The van der Waals surface area contributed by atoms with Crippen LogP contribution in [0.1, 0.15) is 57.4 Å². The number of carbonyl (C=O) groups is 1. The van der Waals surface area contributed by atoms with E-state index in [1.54, 1.807) is 6.20 Å². The zero-order valence-electron chi connectivity index (χ0n) is 16.7. The first-order chi connectivity index (χ1) is 13.1. The molecule has 2 atom stereocenters. The molecular formula is C22H33N3O2. The fraction of sp³-hybridized carbons (Fsp3) is 0.636. The Morgan fingerprint density at radius 3 is 2.96 bits per heavy atom. The van der Waals surface area contributed by atoms with Crippen LogP contribution in [0, 0.1) is 5.92 Å². The lowest BCUT2D eigenvalue weighted by molar-refractivity contribution is -0.131. The number of likely N-dealkylation sites (tertiary alicyclic amines) is 1. The van der Waals surface area contributed by atoms with Crippen molar-refractivity contribution in [3.63, 3.8) is 0 Å². The molecule has 0 spiro atoms. The van der Waals surface area contributed by atoms with Crippen molar-refractivity contribution in [1.82, 2.24) is 15.2 Å². The maximum absolute atomic E-state index is 12.5. The SMILES string of the molecule is CN[C@@H](C)C/C=C/c1cncc(O[C@H]2CCN(C(=O)CC3CCCC3)C2)c1. The number of nitrogens with one attached hydrogen (secondary N) is 1. The second-order valence-electron chi connectivity index (χ2n) is 8.00. The van der Waals surface area contributed by atoms with Gasteiger partial charge in [-0.25, -0.2) is 0 Å². The van der Waals surface area contributed by atoms with Crippen LogP contribution in [0.5, 0.6) is 5.75 Å². The number of pyridine rings is 1. The number of aromatic nitrogens is 1. The minimum absolute atomic E-state index is 0.0721. The highest BCUT2D eigenvalue weighted by atomic mass is 16.5. The zero-order chi connectivity index (χ0) is 19.1. The topological polar surface area (TPSA) is 54.5 Å². The minimum atomic E-state index is 0.0721. The van der Waals surface area contributed by atoms with Crippen LogP contribution in [0.15, 0.2) is 24.5 Å². The van der Waals surface area contributed by atoms with Crippen molar-refractivity contribution in [1.29, 1.82) is 0 Å². The summed E-state index contributed by atoms with van der Waals surface area (Å²) in [6.45, 7) is 3.67. The van der Waals surface area contributed by atoms with E-state index < -0.39 is 0 Å². The molecule has 27 heavy (non-hydrogen) atoms.